The molecule has 1 atom stereocenters. The van der Waals surface area contributed by atoms with E-state index >= 15 is 0 Å². The fraction of sp³-hybridized carbons (Fsp3) is 0.647. The predicted octanol–water partition coefficient (Wildman–Crippen LogP) is 3.73. The van der Waals surface area contributed by atoms with Crippen molar-refractivity contribution in [3.63, 3.8) is 0 Å². The molecule has 0 radical (unpaired) electrons. The van der Waals surface area contributed by atoms with Gasteiger partial charge in [-0.05, 0) is 50.7 Å². The molecule has 21 heavy (non-hydrogen) atoms. The Labute approximate surface area is 128 Å². The summed E-state index contributed by atoms with van der Waals surface area (Å²) in [4.78, 5) is 0.438. The van der Waals surface area contributed by atoms with E-state index in [1.54, 1.807) is 16.4 Å². The SMILES string of the molecule is Cc1ccc(S(=O)(=O)N2CC3(CCCCC3)C[C@H]2C)cc1. The number of aryl methyl sites for hydroxylation is 1. The molecule has 116 valence electrons. The number of sulfonamides is 1. The third kappa shape index (κ3) is 2.76. The second-order valence-corrected chi connectivity index (χ2v) is 8.87. The smallest absolute Gasteiger partial charge is 0.207 e. The van der Waals surface area contributed by atoms with Gasteiger partial charge in [0, 0.05) is 12.6 Å². The second kappa shape index (κ2) is 5.40. The van der Waals surface area contributed by atoms with Crippen molar-refractivity contribution in [2.24, 2.45) is 5.41 Å². The van der Waals surface area contributed by atoms with Crippen molar-refractivity contribution in [1.29, 1.82) is 0 Å². The van der Waals surface area contributed by atoms with Gasteiger partial charge in [-0.1, -0.05) is 37.0 Å². The van der Waals surface area contributed by atoms with Crippen LogP contribution in [0.2, 0.25) is 0 Å². The Morgan fingerprint density at radius 3 is 2.33 bits per heavy atom. The van der Waals surface area contributed by atoms with Gasteiger partial charge in [0.25, 0.3) is 0 Å². The Morgan fingerprint density at radius 2 is 1.71 bits per heavy atom. The van der Waals surface area contributed by atoms with Crippen LogP contribution in [-0.4, -0.2) is 25.3 Å². The molecule has 0 unspecified atom stereocenters. The maximum Gasteiger partial charge on any atom is 0.243 e. The second-order valence-electron chi connectivity index (χ2n) is 6.98. The number of hydrogen-bond acceptors (Lipinski definition) is 2. The first kappa shape index (κ1) is 15.0. The van der Waals surface area contributed by atoms with Crippen LogP contribution in [-0.2, 0) is 10.0 Å². The minimum absolute atomic E-state index is 0.120. The maximum atomic E-state index is 12.9. The molecule has 1 aromatic rings. The van der Waals surface area contributed by atoms with Crippen molar-refractivity contribution in [3.05, 3.63) is 29.8 Å². The summed E-state index contributed by atoms with van der Waals surface area (Å²) in [6, 6.07) is 7.36. The van der Waals surface area contributed by atoms with Crippen LogP contribution in [0.4, 0.5) is 0 Å². The monoisotopic (exact) mass is 307 g/mol. The third-order valence-corrected chi connectivity index (χ3v) is 7.23. The topological polar surface area (TPSA) is 37.4 Å². The van der Waals surface area contributed by atoms with E-state index in [-0.39, 0.29) is 11.5 Å². The number of rotatable bonds is 2. The summed E-state index contributed by atoms with van der Waals surface area (Å²) in [5.74, 6) is 0. The Bertz CT molecular complexity index is 600. The lowest BCUT2D eigenvalue weighted by atomic mass is 9.73. The van der Waals surface area contributed by atoms with Crippen LogP contribution < -0.4 is 0 Å². The molecule has 1 aliphatic heterocycles. The average molecular weight is 307 g/mol. The summed E-state index contributed by atoms with van der Waals surface area (Å²) in [5, 5.41) is 0. The van der Waals surface area contributed by atoms with Gasteiger partial charge in [0.05, 0.1) is 4.90 Å². The molecule has 0 amide bonds. The maximum absolute atomic E-state index is 12.9. The molecule has 1 saturated carbocycles. The van der Waals surface area contributed by atoms with E-state index in [2.05, 4.69) is 6.92 Å². The van der Waals surface area contributed by atoms with E-state index < -0.39 is 10.0 Å². The lowest BCUT2D eigenvalue weighted by molar-refractivity contribution is 0.205. The number of nitrogens with zero attached hydrogens (tertiary/aromatic N) is 1. The Kier molecular flexibility index (Phi) is 3.87. The molecule has 1 spiro atoms. The molecule has 3 nitrogen and oxygen atoms in total. The predicted molar refractivity (Wildman–Crippen MR) is 84.7 cm³/mol. The zero-order valence-corrected chi connectivity index (χ0v) is 13.8. The van der Waals surface area contributed by atoms with Gasteiger partial charge in [0.15, 0.2) is 0 Å². The lowest BCUT2D eigenvalue weighted by Gasteiger charge is -2.33. The van der Waals surface area contributed by atoms with Crippen LogP contribution in [0.3, 0.4) is 0 Å². The van der Waals surface area contributed by atoms with Gasteiger partial charge in [-0.15, -0.1) is 0 Å². The van der Waals surface area contributed by atoms with Crippen molar-refractivity contribution < 1.29 is 8.42 Å². The molecule has 2 aliphatic rings. The van der Waals surface area contributed by atoms with Crippen molar-refractivity contribution in [1.82, 2.24) is 4.31 Å². The first-order valence-electron chi connectivity index (χ1n) is 8.02. The highest BCUT2D eigenvalue weighted by atomic mass is 32.2. The average Bonchev–Trinajstić information content (AvgIpc) is 2.77. The van der Waals surface area contributed by atoms with Gasteiger partial charge in [0.2, 0.25) is 10.0 Å². The van der Waals surface area contributed by atoms with Crippen LogP contribution in [0.15, 0.2) is 29.2 Å². The van der Waals surface area contributed by atoms with Gasteiger partial charge in [-0.25, -0.2) is 8.42 Å². The fourth-order valence-electron chi connectivity index (χ4n) is 4.11. The van der Waals surface area contributed by atoms with E-state index in [4.69, 9.17) is 0 Å². The molecule has 0 bridgehead atoms. The lowest BCUT2D eigenvalue weighted by Crippen LogP contribution is -2.35. The van der Waals surface area contributed by atoms with E-state index in [9.17, 15) is 8.42 Å². The van der Waals surface area contributed by atoms with Crippen LogP contribution in [0.1, 0.15) is 51.0 Å². The Balaban J connectivity index is 1.87. The molecule has 1 aliphatic carbocycles. The normalized spacial score (nSPS) is 26.3. The zero-order valence-electron chi connectivity index (χ0n) is 13.0. The van der Waals surface area contributed by atoms with Crippen molar-refractivity contribution in [3.8, 4) is 0 Å². The molecule has 4 heteroatoms. The van der Waals surface area contributed by atoms with Crippen molar-refractivity contribution in [2.45, 2.75) is 63.3 Å². The molecule has 0 aromatic heterocycles. The molecule has 1 saturated heterocycles. The molecule has 2 fully saturated rings. The van der Waals surface area contributed by atoms with Crippen LogP contribution in [0.5, 0.6) is 0 Å². The molecule has 1 aromatic carbocycles. The standard InChI is InChI=1S/C17H25NO2S/c1-14-6-8-16(9-7-14)21(19,20)18-13-17(12-15(18)2)10-4-3-5-11-17/h6-9,15H,3-5,10-13H2,1-2H3/t15-/m1/s1. The molecule has 1 heterocycles. The summed E-state index contributed by atoms with van der Waals surface area (Å²) >= 11 is 0. The van der Waals surface area contributed by atoms with Crippen LogP contribution in [0.25, 0.3) is 0 Å². The van der Waals surface area contributed by atoms with Crippen molar-refractivity contribution in [2.75, 3.05) is 6.54 Å². The Hall–Kier alpha value is -0.870. The van der Waals surface area contributed by atoms with Crippen molar-refractivity contribution >= 4 is 10.0 Å². The van der Waals surface area contributed by atoms with Crippen LogP contribution in [0, 0.1) is 12.3 Å². The van der Waals surface area contributed by atoms with Crippen LogP contribution >= 0.6 is 0 Å². The summed E-state index contributed by atoms with van der Waals surface area (Å²) in [6.07, 6.45) is 7.23. The van der Waals surface area contributed by atoms with E-state index in [1.807, 2.05) is 19.1 Å². The first-order chi connectivity index (χ1) is 9.93. The highest BCUT2D eigenvalue weighted by Gasteiger charge is 2.47. The van der Waals surface area contributed by atoms with Gasteiger partial charge in [0.1, 0.15) is 0 Å². The van der Waals surface area contributed by atoms with E-state index in [1.165, 1.54) is 32.1 Å². The fourth-order valence-corrected chi connectivity index (χ4v) is 5.85. The highest BCUT2D eigenvalue weighted by molar-refractivity contribution is 7.89. The van der Waals surface area contributed by atoms with Gasteiger partial charge < -0.3 is 0 Å². The number of benzene rings is 1. The van der Waals surface area contributed by atoms with Gasteiger partial charge in [-0.3, -0.25) is 0 Å². The molecule has 3 rings (SSSR count). The molecular formula is C17H25NO2S. The first-order valence-corrected chi connectivity index (χ1v) is 9.46. The number of hydrogen-bond donors (Lipinski definition) is 0. The quantitative estimate of drug-likeness (QED) is 0.835. The molecule has 0 N–H and O–H groups in total. The minimum Gasteiger partial charge on any atom is -0.207 e. The summed E-state index contributed by atoms with van der Waals surface area (Å²) < 4.78 is 27.6. The van der Waals surface area contributed by atoms with Gasteiger partial charge >= 0.3 is 0 Å². The highest BCUT2D eigenvalue weighted by Crippen LogP contribution is 2.47. The third-order valence-electron chi connectivity index (χ3n) is 5.25. The largest absolute Gasteiger partial charge is 0.243 e. The summed E-state index contributed by atoms with van der Waals surface area (Å²) in [5.41, 5.74) is 1.34. The summed E-state index contributed by atoms with van der Waals surface area (Å²) in [7, 11) is -3.35. The Morgan fingerprint density at radius 1 is 1.10 bits per heavy atom. The van der Waals surface area contributed by atoms with E-state index in [0.717, 1.165) is 12.0 Å². The minimum atomic E-state index is -3.35. The van der Waals surface area contributed by atoms with E-state index in [0.29, 0.717) is 11.4 Å². The van der Waals surface area contributed by atoms with Gasteiger partial charge in [-0.2, -0.15) is 4.31 Å². The summed E-state index contributed by atoms with van der Waals surface area (Å²) in [6.45, 7) is 4.76. The zero-order chi connectivity index (χ0) is 15.1. The molecular weight excluding hydrogens is 282 g/mol.